The zero-order valence-electron chi connectivity index (χ0n) is 15.4. The number of hydrogen-bond donors (Lipinski definition) is 2. The Morgan fingerprint density at radius 1 is 1.16 bits per heavy atom. The number of hydrogen-bond acceptors (Lipinski definition) is 6. The lowest BCUT2D eigenvalue weighted by atomic mass is 10.1. The number of carbonyl (C=O) groups is 1. The van der Waals surface area contributed by atoms with Gasteiger partial charge >= 0.3 is 13.7 Å². The highest BCUT2D eigenvalue weighted by molar-refractivity contribution is 7.54. The second-order valence-corrected chi connectivity index (χ2v) is 8.47. The van der Waals surface area contributed by atoms with Gasteiger partial charge in [-0.3, -0.25) is 4.57 Å². The first-order valence-corrected chi connectivity index (χ1v) is 9.85. The highest BCUT2D eigenvalue weighted by atomic mass is 31.2. The third kappa shape index (κ3) is 6.78. The first-order valence-electron chi connectivity index (χ1n) is 8.24. The molecule has 1 aromatic rings. The highest BCUT2D eigenvalue weighted by Crippen LogP contribution is 2.55. The average molecular weight is 373 g/mol. The van der Waals surface area contributed by atoms with Crippen molar-refractivity contribution in [3.8, 4) is 0 Å². The average Bonchev–Trinajstić information content (AvgIpc) is 2.51. The Labute approximate surface area is 149 Å². The molecule has 0 bridgehead atoms. The lowest BCUT2D eigenvalue weighted by Gasteiger charge is -2.31. The van der Waals surface area contributed by atoms with Gasteiger partial charge in [0, 0.05) is 0 Å². The minimum Gasteiger partial charge on any atom is -0.444 e. The van der Waals surface area contributed by atoms with Crippen LogP contribution in [-0.4, -0.2) is 35.8 Å². The molecule has 0 unspecified atom stereocenters. The van der Waals surface area contributed by atoms with Crippen LogP contribution in [0.5, 0.6) is 0 Å². The van der Waals surface area contributed by atoms with E-state index >= 15 is 0 Å². The molecule has 0 saturated heterocycles. The number of rotatable bonds is 8. The van der Waals surface area contributed by atoms with Gasteiger partial charge in [-0.2, -0.15) is 0 Å². The van der Waals surface area contributed by atoms with Crippen LogP contribution in [-0.2, 0) is 18.3 Å². The summed E-state index contributed by atoms with van der Waals surface area (Å²) in [6.45, 7) is 8.65. The van der Waals surface area contributed by atoms with Crippen LogP contribution in [0.1, 0.15) is 46.3 Å². The minimum atomic E-state index is -3.83. The predicted octanol–water partition coefficient (Wildman–Crippen LogP) is 3.84. The van der Waals surface area contributed by atoms with E-state index in [0.717, 1.165) is 0 Å². The quantitative estimate of drug-likeness (QED) is 0.673. The molecule has 1 aromatic carbocycles. The van der Waals surface area contributed by atoms with Crippen molar-refractivity contribution in [3.63, 3.8) is 0 Å². The first kappa shape index (κ1) is 21.6. The highest BCUT2D eigenvalue weighted by Gasteiger charge is 2.43. The van der Waals surface area contributed by atoms with E-state index in [-0.39, 0.29) is 13.2 Å². The van der Waals surface area contributed by atoms with Crippen LogP contribution in [0.2, 0.25) is 0 Å². The molecule has 1 amide bonds. The molecular formula is C17H28NO6P. The molecule has 1 rings (SSSR count). The van der Waals surface area contributed by atoms with Gasteiger partial charge in [-0.15, -0.1) is 0 Å². The van der Waals surface area contributed by atoms with Crippen LogP contribution in [0.15, 0.2) is 30.3 Å². The van der Waals surface area contributed by atoms with Crippen molar-refractivity contribution < 1.29 is 28.3 Å². The largest absolute Gasteiger partial charge is 0.444 e. The maximum atomic E-state index is 13.2. The van der Waals surface area contributed by atoms with E-state index in [9.17, 15) is 14.5 Å². The van der Waals surface area contributed by atoms with Gasteiger partial charge < -0.3 is 24.2 Å². The fraction of sp³-hybridized carbons (Fsp3) is 0.588. The monoisotopic (exact) mass is 373 g/mol. The maximum Gasteiger partial charge on any atom is 0.408 e. The number of carbonyl (C=O) groups excluding carboxylic acids is 1. The van der Waals surface area contributed by atoms with E-state index in [1.54, 1.807) is 65.0 Å². The summed E-state index contributed by atoms with van der Waals surface area (Å²) in [5.74, 6) is -1.30. The molecule has 0 heterocycles. The molecule has 0 aliphatic heterocycles. The normalized spacial score (nSPS) is 14.6. The molecule has 0 aliphatic carbocycles. The number of ether oxygens (including phenoxy) is 1. The van der Waals surface area contributed by atoms with Crippen LogP contribution in [0, 0.1) is 0 Å². The summed E-state index contributed by atoms with van der Waals surface area (Å²) >= 11 is 0. The van der Waals surface area contributed by atoms with Crippen molar-refractivity contribution in [1.82, 2.24) is 5.32 Å². The van der Waals surface area contributed by atoms with E-state index < -0.39 is 31.2 Å². The molecule has 2 N–H and O–H groups in total. The Morgan fingerprint density at radius 2 is 1.68 bits per heavy atom. The number of aliphatic hydroxyl groups excluding tert-OH is 1. The Bertz CT molecular complexity index is 577. The summed E-state index contributed by atoms with van der Waals surface area (Å²) in [5.41, 5.74) is -0.267. The second kappa shape index (κ2) is 9.34. The molecule has 0 aromatic heterocycles. The molecule has 0 fully saturated rings. The molecule has 0 saturated carbocycles. The second-order valence-electron chi connectivity index (χ2n) is 6.32. The number of aliphatic hydroxyl groups is 1. The number of benzene rings is 1. The van der Waals surface area contributed by atoms with Gasteiger partial charge in [0.25, 0.3) is 0 Å². The molecule has 0 radical (unpaired) electrons. The summed E-state index contributed by atoms with van der Waals surface area (Å²) in [4.78, 5) is 12.2. The van der Waals surface area contributed by atoms with Gasteiger partial charge in [0.05, 0.1) is 13.2 Å². The van der Waals surface area contributed by atoms with Crippen LogP contribution in [0.25, 0.3) is 0 Å². The van der Waals surface area contributed by atoms with Gasteiger partial charge in [0.15, 0.2) is 5.78 Å². The van der Waals surface area contributed by atoms with Gasteiger partial charge in [-0.05, 0) is 40.2 Å². The molecule has 2 atom stereocenters. The van der Waals surface area contributed by atoms with E-state index in [1.807, 2.05) is 0 Å². The smallest absolute Gasteiger partial charge is 0.408 e. The third-order valence-electron chi connectivity index (χ3n) is 3.06. The van der Waals surface area contributed by atoms with E-state index in [1.165, 1.54) is 0 Å². The molecule has 7 nitrogen and oxygen atoms in total. The van der Waals surface area contributed by atoms with Crippen LogP contribution < -0.4 is 5.32 Å². The molecule has 25 heavy (non-hydrogen) atoms. The number of alkyl carbamates (subject to hydrolysis) is 1. The first-order chi connectivity index (χ1) is 11.6. The zero-order chi connectivity index (χ0) is 19.1. The molecular weight excluding hydrogens is 345 g/mol. The van der Waals surface area contributed by atoms with Crippen molar-refractivity contribution in [2.75, 3.05) is 13.2 Å². The summed E-state index contributed by atoms with van der Waals surface area (Å²) < 4.78 is 29.0. The summed E-state index contributed by atoms with van der Waals surface area (Å²) in [7, 11) is -3.83. The minimum absolute atomic E-state index is 0.102. The lowest BCUT2D eigenvalue weighted by molar-refractivity contribution is 0.0442. The van der Waals surface area contributed by atoms with Crippen LogP contribution >= 0.6 is 7.60 Å². The summed E-state index contributed by atoms with van der Waals surface area (Å²) in [6, 6.07) is 8.58. The Kier molecular flexibility index (Phi) is 8.09. The Hall–Kier alpha value is -1.40. The number of nitrogens with one attached hydrogen (secondary N) is 1. The van der Waals surface area contributed by atoms with Gasteiger partial charge in [0.2, 0.25) is 0 Å². The van der Waals surface area contributed by atoms with Crippen molar-refractivity contribution in [2.24, 2.45) is 0 Å². The SMILES string of the molecule is CCOP(=O)(OCC)[C@@H](NC(=O)OC(C)(C)C)[C@H](O)c1ccccc1. The Balaban J connectivity index is 3.16. The van der Waals surface area contributed by atoms with Gasteiger partial charge in [-0.25, -0.2) is 4.79 Å². The molecule has 8 heteroatoms. The standard InChI is InChI=1S/C17H28NO6P/c1-6-22-25(21,23-7-2)15(18-16(20)24-17(3,4)5)14(19)13-11-9-8-10-12-13/h8-12,14-15,19H,6-7H2,1-5H3,(H,18,20)/t14-,15-/m1/s1. The Morgan fingerprint density at radius 3 is 2.12 bits per heavy atom. The van der Waals surface area contributed by atoms with Crippen molar-refractivity contribution in [2.45, 2.75) is 52.1 Å². The van der Waals surface area contributed by atoms with E-state index in [2.05, 4.69) is 5.32 Å². The van der Waals surface area contributed by atoms with Crippen molar-refractivity contribution in [3.05, 3.63) is 35.9 Å². The summed E-state index contributed by atoms with van der Waals surface area (Å²) in [6.07, 6.45) is -2.11. The zero-order valence-corrected chi connectivity index (χ0v) is 16.3. The van der Waals surface area contributed by atoms with Gasteiger partial charge in [0.1, 0.15) is 11.7 Å². The summed E-state index contributed by atoms with van der Waals surface area (Å²) in [5, 5.41) is 13.2. The van der Waals surface area contributed by atoms with E-state index in [4.69, 9.17) is 13.8 Å². The fourth-order valence-electron chi connectivity index (χ4n) is 2.15. The number of amides is 1. The van der Waals surface area contributed by atoms with Crippen LogP contribution in [0.4, 0.5) is 4.79 Å². The van der Waals surface area contributed by atoms with Gasteiger partial charge in [-0.1, -0.05) is 30.3 Å². The van der Waals surface area contributed by atoms with Crippen molar-refractivity contribution in [1.29, 1.82) is 0 Å². The van der Waals surface area contributed by atoms with E-state index in [0.29, 0.717) is 5.56 Å². The topological polar surface area (TPSA) is 94.1 Å². The third-order valence-corrected chi connectivity index (χ3v) is 5.39. The van der Waals surface area contributed by atoms with Crippen LogP contribution in [0.3, 0.4) is 0 Å². The van der Waals surface area contributed by atoms with Crippen molar-refractivity contribution >= 4 is 13.7 Å². The lowest BCUT2D eigenvalue weighted by Crippen LogP contribution is -2.43. The predicted molar refractivity (Wildman–Crippen MR) is 95.4 cm³/mol. The molecule has 0 aliphatic rings. The molecule has 142 valence electrons. The maximum absolute atomic E-state index is 13.2. The fourth-order valence-corrected chi connectivity index (χ4v) is 4.05. The molecule has 0 spiro atoms.